The maximum absolute atomic E-state index is 11.1. The normalized spacial score (nSPS) is 21.1. The summed E-state index contributed by atoms with van der Waals surface area (Å²) in [4.78, 5) is 2.20. The second-order valence-corrected chi connectivity index (χ2v) is 5.27. The van der Waals surface area contributed by atoms with Crippen LogP contribution in [0.4, 0.5) is 0 Å². The van der Waals surface area contributed by atoms with E-state index in [9.17, 15) is 8.42 Å². The summed E-state index contributed by atoms with van der Waals surface area (Å²) in [5.74, 6) is 0. The number of morpholine rings is 1. The monoisotopic (exact) mass is 234 g/mol. The van der Waals surface area contributed by atoms with E-state index in [2.05, 4.69) is 16.2 Å². The van der Waals surface area contributed by atoms with Gasteiger partial charge in [0.15, 0.2) is 0 Å². The fraction of sp³-hybridized carbons (Fsp3) is 0.778. The minimum Gasteiger partial charge on any atom is -0.379 e. The van der Waals surface area contributed by atoms with Crippen LogP contribution < -0.4 is 4.72 Å². The number of nitrogens with one attached hydrogen (secondary N) is 1. The Bertz CT molecular complexity index is 296. The molecule has 1 rings (SSSR count). The summed E-state index contributed by atoms with van der Waals surface area (Å²) in [7, 11) is -3.30. The Hall–Kier alpha value is -0.430. The van der Waals surface area contributed by atoms with E-state index in [1.165, 1.54) is 0 Å². The summed E-state index contributed by atoms with van der Waals surface area (Å²) in [6.45, 7) is 8.80. The molecule has 1 atom stereocenters. The molecule has 0 spiro atoms. The molecule has 0 aromatic heterocycles. The van der Waals surface area contributed by atoms with E-state index in [-0.39, 0.29) is 6.04 Å². The van der Waals surface area contributed by atoms with Crippen LogP contribution in [0.15, 0.2) is 12.0 Å². The van der Waals surface area contributed by atoms with Gasteiger partial charge in [-0.3, -0.25) is 4.90 Å². The van der Waals surface area contributed by atoms with Crippen LogP contribution in [0, 0.1) is 0 Å². The second-order valence-electron chi connectivity index (χ2n) is 3.56. The highest BCUT2D eigenvalue weighted by Gasteiger charge is 2.17. The minimum absolute atomic E-state index is 0.184. The first-order chi connectivity index (χ1) is 7.05. The maximum atomic E-state index is 11.1. The summed E-state index contributed by atoms with van der Waals surface area (Å²) in [5.41, 5.74) is 0. The third-order valence-electron chi connectivity index (χ3n) is 2.47. The zero-order valence-electron chi connectivity index (χ0n) is 8.98. The molecular formula is C9H18N2O3S. The molecule has 1 N–H and O–H groups in total. The second kappa shape index (κ2) is 5.60. The Morgan fingerprint density at radius 1 is 1.53 bits per heavy atom. The molecule has 1 aliphatic heterocycles. The van der Waals surface area contributed by atoms with Gasteiger partial charge in [0.1, 0.15) is 0 Å². The maximum Gasteiger partial charge on any atom is 0.233 e. The highest BCUT2D eigenvalue weighted by molar-refractivity contribution is 7.92. The van der Waals surface area contributed by atoms with Gasteiger partial charge in [0.25, 0.3) is 0 Å². The summed E-state index contributed by atoms with van der Waals surface area (Å²) >= 11 is 0. The van der Waals surface area contributed by atoms with Crippen molar-refractivity contribution in [3.8, 4) is 0 Å². The average molecular weight is 234 g/mol. The molecular weight excluding hydrogens is 216 g/mol. The zero-order chi connectivity index (χ0) is 11.3. The molecule has 0 radical (unpaired) electrons. The number of hydrogen-bond donors (Lipinski definition) is 1. The fourth-order valence-corrected chi connectivity index (χ4v) is 2.03. The first-order valence-electron chi connectivity index (χ1n) is 4.99. The quantitative estimate of drug-likeness (QED) is 0.714. The summed E-state index contributed by atoms with van der Waals surface area (Å²) in [6.07, 6.45) is 0. The first kappa shape index (κ1) is 12.6. The van der Waals surface area contributed by atoms with E-state index in [1.54, 1.807) is 0 Å². The van der Waals surface area contributed by atoms with E-state index < -0.39 is 10.0 Å². The largest absolute Gasteiger partial charge is 0.379 e. The summed E-state index contributed by atoms with van der Waals surface area (Å²) < 4.78 is 29.9. The van der Waals surface area contributed by atoms with E-state index >= 15 is 0 Å². The molecule has 0 amide bonds. The molecule has 0 saturated carbocycles. The Labute approximate surface area is 91.1 Å². The van der Waals surface area contributed by atoms with Crippen LogP contribution in [0.2, 0.25) is 0 Å². The highest BCUT2D eigenvalue weighted by atomic mass is 32.2. The predicted octanol–water partition coefficient (Wildman–Crippen LogP) is -0.230. The number of ether oxygens (including phenoxy) is 1. The molecule has 6 heteroatoms. The lowest BCUT2D eigenvalue weighted by Crippen LogP contribution is -2.47. The first-order valence-corrected chi connectivity index (χ1v) is 6.53. The third kappa shape index (κ3) is 4.29. The summed E-state index contributed by atoms with van der Waals surface area (Å²) in [5, 5.41) is 0.930. The molecule has 0 aromatic rings. The number of hydrogen-bond acceptors (Lipinski definition) is 4. The van der Waals surface area contributed by atoms with Gasteiger partial charge < -0.3 is 4.74 Å². The Kier molecular flexibility index (Phi) is 4.72. The topological polar surface area (TPSA) is 58.6 Å². The van der Waals surface area contributed by atoms with Crippen LogP contribution in [-0.2, 0) is 14.8 Å². The minimum atomic E-state index is -3.30. The van der Waals surface area contributed by atoms with Gasteiger partial charge in [-0.15, -0.1) is 0 Å². The Morgan fingerprint density at radius 2 is 2.13 bits per heavy atom. The van der Waals surface area contributed by atoms with Crippen molar-refractivity contribution in [2.24, 2.45) is 0 Å². The molecule has 1 aliphatic rings. The third-order valence-corrected chi connectivity index (χ3v) is 3.48. The molecule has 0 bridgehead atoms. The van der Waals surface area contributed by atoms with E-state index in [0.717, 1.165) is 31.7 Å². The smallest absolute Gasteiger partial charge is 0.233 e. The molecule has 0 aliphatic carbocycles. The van der Waals surface area contributed by atoms with Crippen LogP contribution in [0.1, 0.15) is 6.92 Å². The predicted molar refractivity (Wildman–Crippen MR) is 59.0 cm³/mol. The van der Waals surface area contributed by atoms with Gasteiger partial charge in [0.05, 0.1) is 13.2 Å². The highest BCUT2D eigenvalue weighted by Crippen LogP contribution is 2.02. The van der Waals surface area contributed by atoms with Crippen molar-refractivity contribution in [3.63, 3.8) is 0 Å². The molecule has 1 saturated heterocycles. The molecule has 1 fully saturated rings. The lowest BCUT2D eigenvalue weighted by atomic mass is 10.2. The van der Waals surface area contributed by atoms with Crippen LogP contribution in [-0.4, -0.2) is 52.2 Å². The van der Waals surface area contributed by atoms with Gasteiger partial charge in [-0.25, -0.2) is 13.1 Å². The molecule has 0 aromatic carbocycles. The standard InChI is InChI=1S/C9H18N2O3S/c1-3-15(12,13)10-8-9(2)11-4-6-14-7-5-11/h3,9-10H,1,4-8H2,2H3. The molecule has 5 nitrogen and oxygen atoms in total. The van der Waals surface area contributed by atoms with Crippen molar-refractivity contribution in [2.75, 3.05) is 32.8 Å². The van der Waals surface area contributed by atoms with Gasteiger partial charge in [-0.1, -0.05) is 6.58 Å². The SMILES string of the molecule is C=CS(=O)(=O)NCC(C)N1CCOCC1. The van der Waals surface area contributed by atoms with E-state index in [1.807, 2.05) is 6.92 Å². The van der Waals surface area contributed by atoms with Gasteiger partial charge in [-0.05, 0) is 6.92 Å². The number of nitrogens with zero attached hydrogens (tertiary/aromatic N) is 1. The fourth-order valence-electron chi connectivity index (χ4n) is 1.44. The van der Waals surface area contributed by atoms with Crippen molar-refractivity contribution in [2.45, 2.75) is 13.0 Å². The zero-order valence-corrected chi connectivity index (χ0v) is 9.79. The summed E-state index contributed by atoms with van der Waals surface area (Å²) in [6, 6.07) is 0.184. The van der Waals surface area contributed by atoms with Gasteiger partial charge in [-0.2, -0.15) is 0 Å². The van der Waals surface area contributed by atoms with Crippen molar-refractivity contribution in [1.82, 2.24) is 9.62 Å². The van der Waals surface area contributed by atoms with Crippen LogP contribution in [0.3, 0.4) is 0 Å². The van der Waals surface area contributed by atoms with Crippen molar-refractivity contribution >= 4 is 10.0 Å². The molecule has 1 unspecified atom stereocenters. The van der Waals surface area contributed by atoms with Crippen molar-refractivity contribution < 1.29 is 13.2 Å². The van der Waals surface area contributed by atoms with Crippen LogP contribution in [0.25, 0.3) is 0 Å². The molecule has 1 heterocycles. The Balaban J connectivity index is 2.34. The lowest BCUT2D eigenvalue weighted by molar-refractivity contribution is 0.0213. The van der Waals surface area contributed by atoms with Gasteiger partial charge in [0.2, 0.25) is 10.0 Å². The van der Waals surface area contributed by atoms with E-state index in [4.69, 9.17) is 4.74 Å². The van der Waals surface area contributed by atoms with Crippen LogP contribution >= 0.6 is 0 Å². The Morgan fingerprint density at radius 3 is 2.67 bits per heavy atom. The molecule has 15 heavy (non-hydrogen) atoms. The van der Waals surface area contributed by atoms with Crippen LogP contribution in [0.5, 0.6) is 0 Å². The average Bonchev–Trinajstić information content (AvgIpc) is 2.27. The number of rotatable bonds is 5. The lowest BCUT2D eigenvalue weighted by Gasteiger charge is -2.32. The van der Waals surface area contributed by atoms with Gasteiger partial charge >= 0.3 is 0 Å². The molecule has 88 valence electrons. The van der Waals surface area contributed by atoms with Crippen molar-refractivity contribution in [3.05, 3.63) is 12.0 Å². The number of sulfonamides is 1. The van der Waals surface area contributed by atoms with Crippen molar-refractivity contribution in [1.29, 1.82) is 0 Å². The van der Waals surface area contributed by atoms with Gasteiger partial charge in [0, 0.05) is 31.1 Å². The van der Waals surface area contributed by atoms with E-state index in [0.29, 0.717) is 6.54 Å².